The quantitative estimate of drug-likeness (QED) is 0.690. The van der Waals surface area contributed by atoms with Crippen molar-refractivity contribution in [2.24, 2.45) is 0 Å². The Balaban J connectivity index is 1.63. The van der Waals surface area contributed by atoms with E-state index in [1.165, 1.54) is 6.07 Å². The molecule has 1 atom stereocenters. The number of hydrogen-bond donors (Lipinski definition) is 1. The number of carbonyl (C=O) groups is 1. The molecule has 1 aromatic heterocycles. The fourth-order valence-corrected chi connectivity index (χ4v) is 3.69. The molecular weight excluding hydrogens is 392 g/mol. The number of pyridine rings is 1. The van der Waals surface area contributed by atoms with Crippen molar-refractivity contribution in [1.82, 2.24) is 9.88 Å². The number of amides is 1. The Morgan fingerprint density at radius 3 is 2.79 bits per heavy atom. The van der Waals surface area contributed by atoms with E-state index in [-0.39, 0.29) is 17.6 Å². The molecule has 0 aliphatic carbocycles. The molecule has 4 rings (SSSR count). The molecule has 7 heteroatoms. The Kier molecular flexibility index (Phi) is 5.45. The number of halogens is 1. The van der Waals surface area contributed by atoms with Crippen LogP contribution in [0.3, 0.4) is 0 Å². The van der Waals surface area contributed by atoms with Crippen molar-refractivity contribution in [3.8, 4) is 11.5 Å². The van der Waals surface area contributed by atoms with Crippen LogP contribution >= 0.6 is 11.6 Å². The van der Waals surface area contributed by atoms with Gasteiger partial charge in [-0.1, -0.05) is 30.7 Å². The first kappa shape index (κ1) is 19.3. The van der Waals surface area contributed by atoms with Gasteiger partial charge in [-0.2, -0.15) is 0 Å². The van der Waals surface area contributed by atoms with Crippen LogP contribution in [0, 0.1) is 0 Å². The van der Waals surface area contributed by atoms with Crippen LogP contribution in [0.25, 0.3) is 10.9 Å². The third-order valence-electron chi connectivity index (χ3n) is 4.81. The van der Waals surface area contributed by atoms with E-state index in [2.05, 4.69) is 4.98 Å². The zero-order valence-corrected chi connectivity index (χ0v) is 16.7. The molecule has 0 saturated heterocycles. The van der Waals surface area contributed by atoms with E-state index in [1.807, 2.05) is 31.2 Å². The molecule has 2 heterocycles. The lowest BCUT2D eigenvalue weighted by Gasteiger charge is -2.31. The summed E-state index contributed by atoms with van der Waals surface area (Å²) in [5, 5.41) is 1.12. The molecular formula is C22H21ClN2O4. The number of aromatic nitrogens is 1. The van der Waals surface area contributed by atoms with Crippen molar-refractivity contribution in [1.29, 1.82) is 0 Å². The van der Waals surface area contributed by atoms with Crippen molar-refractivity contribution in [3.63, 3.8) is 0 Å². The van der Waals surface area contributed by atoms with Crippen molar-refractivity contribution >= 4 is 28.4 Å². The second-order valence-corrected chi connectivity index (χ2v) is 7.42. The minimum Gasteiger partial charge on any atom is -0.486 e. The van der Waals surface area contributed by atoms with Gasteiger partial charge in [0, 0.05) is 28.5 Å². The van der Waals surface area contributed by atoms with Gasteiger partial charge in [-0.15, -0.1) is 0 Å². The highest BCUT2D eigenvalue weighted by molar-refractivity contribution is 6.31. The van der Waals surface area contributed by atoms with E-state index >= 15 is 0 Å². The maximum Gasteiger partial charge on any atom is 0.254 e. The van der Waals surface area contributed by atoms with Crippen LogP contribution < -0.4 is 15.0 Å². The van der Waals surface area contributed by atoms with Gasteiger partial charge in [0.15, 0.2) is 17.6 Å². The second kappa shape index (κ2) is 8.17. The minimum absolute atomic E-state index is 0.229. The number of fused-ring (bicyclic) bond motifs is 2. The monoisotopic (exact) mass is 412 g/mol. The van der Waals surface area contributed by atoms with Crippen molar-refractivity contribution in [3.05, 3.63) is 69.5 Å². The van der Waals surface area contributed by atoms with Crippen molar-refractivity contribution in [2.75, 3.05) is 19.7 Å². The highest BCUT2D eigenvalue weighted by Crippen LogP contribution is 2.31. The van der Waals surface area contributed by atoms with E-state index in [4.69, 9.17) is 21.1 Å². The van der Waals surface area contributed by atoms with E-state index < -0.39 is 0 Å². The summed E-state index contributed by atoms with van der Waals surface area (Å²) in [4.78, 5) is 29.9. The molecule has 29 heavy (non-hydrogen) atoms. The van der Waals surface area contributed by atoms with Crippen LogP contribution in [0.15, 0.2) is 53.3 Å². The van der Waals surface area contributed by atoms with Gasteiger partial charge in [-0.05, 0) is 36.8 Å². The molecule has 2 aromatic carbocycles. The number of ether oxygens (including phenoxy) is 2. The Hall–Kier alpha value is -2.99. The third kappa shape index (κ3) is 4.07. The molecule has 6 nitrogen and oxygen atoms in total. The molecule has 0 spiro atoms. The number of aromatic amines is 1. The van der Waals surface area contributed by atoms with Crippen molar-refractivity contribution < 1.29 is 14.3 Å². The number of carbonyl (C=O) groups excluding carboxylic acids is 1. The molecule has 1 amide bonds. The number of benzene rings is 2. The Bertz CT molecular complexity index is 1110. The van der Waals surface area contributed by atoms with Gasteiger partial charge in [0.05, 0.1) is 12.1 Å². The Labute approximate surface area is 173 Å². The first-order valence-corrected chi connectivity index (χ1v) is 9.93. The number of nitrogens with one attached hydrogen (secondary N) is 1. The van der Waals surface area contributed by atoms with Crippen LogP contribution in [-0.2, 0) is 0 Å². The number of rotatable bonds is 5. The van der Waals surface area contributed by atoms with Gasteiger partial charge in [0.2, 0.25) is 5.56 Å². The average molecular weight is 413 g/mol. The van der Waals surface area contributed by atoms with Gasteiger partial charge >= 0.3 is 0 Å². The molecule has 3 aromatic rings. The minimum atomic E-state index is -0.328. The first-order chi connectivity index (χ1) is 14.0. The number of para-hydroxylation sites is 2. The summed E-state index contributed by atoms with van der Waals surface area (Å²) in [6.07, 6.45) is 0.481. The summed E-state index contributed by atoms with van der Waals surface area (Å²) < 4.78 is 11.8. The summed E-state index contributed by atoms with van der Waals surface area (Å²) in [5.74, 6) is 1.14. The second-order valence-electron chi connectivity index (χ2n) is 6.99. The largest absolute Gasteiger partial charge is 0.486 e. The molecule has 1 aliphatic rings. The topological polar surface area (TPSA) is 71.6 Å². The molecule has 1 aliphatic heterocycles. The molecule has 150 valence electrons. The smallest absolute Gasteiger partial charge is 0.254 e. The molecule has 0 radical (unpaired) electrons. The normalized spacial score (nSPS) is 15.3. The maximum absolute atomic E-state index is 13.4. The van der Waals surface area contributed by atoms with Gasteiger partial charge < -0.3 is 19.4 Å². The standard InChI is InChI=1S/C22H21ClN2O4/c1-2-9-25(12-15-13-28-19-5-3-4-6-20(19)29-15)22(27)17-11-21(26)24-18-8-7-14(23)10-16(17)18/h3-8,10-11,15H,2,9,12-13H2,1H3,(H,24,26). The fourth-order valence-electron chi connectivity index (χ4n) is 3.52. The molecule has 1 N–H and O–H groups in total. The van der Waals surface area contributed by atoms with E-state index in [0.717, 1.165) is 6.42 Å². The lowest BCUT2D eigenvalue weighted by Crippen LogP contribution is -2.44. The summed E-state index contributed by atoms with van der Waals surface area (Å²) in [6, 6.07) is 13.9. The lowest BCUT2D eigenvalue weighted by atomic mass is 10.1. The van der Waals surface area contributed by atoms with Crippen molar-refractivity contribution in [2.45, 2.75) is 19.4 Å². The summed E-state index contributed by atoms with van der Waals surface area (Å²) in [6.45, 7) is 3.25. The summed E-state index contributed by atoms with van der Waals surface area (Å²) in [5.41, 5.74) is 0.579. The highest BCUT2D eigenvalue weighted by Gasteiger charge is 2.26. The average Bonchev–Trinajstić information content (AvgIpc) is 2.72. The molecule has 1 unspecified atom stereocenters. The van der Waals surface area contributed by atoms with Gasteiger partial charge in [-0.25, -0.2) is 0 Å². The summed E-state index contributed by atoms with van der Waals surface area (Å²) in [7, 11) is 0. The molecule has 0 bridgehead atoms. The number of nitrogens with zero attached hydrogens (tertiary/aromatic N) is 1. The Morgan fingerprint density at radius 2 is 2.00 bits per heavy atom. The van der Waals surface area contributed by atoms with Crippen LogP contribution in [0.5, 0.6) is 11.5 Å². The van der Waals surface area contributed by atoms with Gasteiger partial charge in [0.25, 0.3) is 5.91 Å². The van der Waals surface area contributed by atoms with E-state index in [9.17, 15) is 9.59 Å². The lowest BCUT2D eigenvalue weighted by molar-refractivity contribution is 0.0464. The number of hydrogen-bond acceptors (Lipinski definition) is 4. The van der Waals surface area contributed by atoms with E-state index in [1.54, 1.807) is 23.1 Å². The third-order valence-corrected chi connectivity index (χ3v) is 5.04. The fraction of sp³-hybridized carbons (Fsp3) is 0.273. The van der Waals surface area contributed by atoms with Gasteiger partial charge in [0.1, 0.15) is 6.61 Å². The summed E-state index contributed by atoms with van der Waals surface area (Å²) >= 11 is 6.13. The predicted molar refractivity (Wildman–Crippen MR) is 112 cm³/mol. The zero-order valence-electron chi connectivity index (χ0n) is 16.0. The highest BCUT2D eigenvalue weighted by atomic mass is 35.5. The van der Waals surface area contributed by atoms with Gasteiger partial charge in [-0.3, -0.25) is 9.59 Å². The number of H-pyrrole nitrogens is 1. The molecule has 0 fully saturated rings. The molecule has 0 saturated carbocycles. The maximum atomic E-state index is 13.4. The predicted octanol–water partition coefficient (Wildman–Crippen LogP) is 3.87. The van der Waals surface area contributed by atoms with Crippen LogP contribution in [0.1, 0.15) is 23.7 Å². The van der Waals surface area contributed by atoms with Crippen LogP contribution in [0.4, 0.5) is 0 Å². The van der Waals surface area contributed by atoms with E-state index in [0.29, 0.717) is 52.7 Å². The van der Waals surface area contributed by atoms with Crippen LogP contribution in [0.2, 0.25) is 5.02 Å². The zero-order chi connectivity index (χ0) is 20.4. The van der Waals surface area contributed by atoms with Crippen LogP contribution in [-0.4, -0.2) is 41.6 Å². The SMILES string of the molecule is CCCN(CC1COc2ccccc2O1)C(=O)c1cc(=O)[nH]c2ccc(Cl)cc12. The first-order valence-electron chi connectivity index (χ1n) is 9.55. The Morgan fingerprint density at radius 1 is 1.21 bits per heavy atom.